The summed E-state index contributed by atoms with van der Waals surface area (Å²) in [4.78, 5) is 21.9. The van der Waals surface area contributed by atoms with Crippen LogP contribution in [0.25, 0.3) is 28.6 Å². The quantitative estimate of drug-likeness (QED) is 0.419. The van der Waals surface area contributed by atoms with Crippen LogP contribution in [0, 0.1) is 17.0 Å². The van der Waals surface area contributed by atoms with E-state index in [-0.39, 0.29) is 30.3 Å². The van der Waals surface area contributed by atoms with Crippen molar-refractivity contribution in [2.75, 3.05) is 13.2 Å². The molecule has 0 fully saturated rings. The molecule has 0 saturated carbocycles. The number of benzene rings is 2. The van der Waals surface area contributed by atoms with Crippen LogP contribution in [0.1, 0.15) is 30.6 Å². The molecular formula is C25H23F2N5O3. The van der Waals surface area contributed by atoms with Gasteiger partial charge in [0.25, 0.3) is 0 Å². The number of carbonyl (C=O) groups excluding carboxylic acids is 1. The fourth-order valence-corrected chi connectivity index (χ4v) is 4.01. The first kappa shape index (κ1) is 22.9. The zero-order valence-corrected chi connectivity index (χ0v) is 19.2. The third-order valence-corrected chi connectivity index (χ3v) is 5.89. The Hall–Kier alpha value is -3.92. The maximum atomic E-state index is 14.4. The number of Topliss-reactive ketones (excluding diaryl/α,β-unsaturated/α-hetero) is 1. The second kappa shape index (κ2) is 8.70. The maximum Gasteiger partial charge on any atom is 0.183 e. The number of halogens is 2. The maximum absolute atomic E-state index is 14.4. The molecule has 0 spiro atoms. The van der Waals surface area contributed by atoms with Gasteiger partial charge in [-0.05, 0) is 35.7 Å². The van der Waals surface area contributed by atoms with Crippen molar-refractivity contribution in [1.82, 2.24) is 24.3 Å². The van der Waals surface area contributed by atoms with Gasteiger partial charge < -0.3 is 14.4 Å². The Morgan fingerprint density at radius 1 is 1.17 bits per heavy atom. The van der Waals surface area contributed by atoms with Crippen molar-refractivity contribution in [3.63, 3.8) is 0 Å². The molecule has 5 rings (SSSR count). The van der Waals surface area contributed by atoms with Crippen LogP contribution in [-0.2, 0) is 6.54 Å². The molecule has 180 valence electrons. The van der Waals surface area contributed by atoms with E-state index in [1.165, 1.54) is 17.1 Å². The average Bonchev–Trinajstić information content (AvgIpc) is 3.43. The molecule has 1 aliphatic rings. The van der Waals surface area contributed by atoms with Crippen LogP contribution >= 0.6 is 0 Å². The highest BCUT2D eigenvalue weighted by atomic mass is 19.1. The van der Waals surface area contributed by atoms with Crippen molar-refractivity contribution < 1.29 is 23.4 Å². The third-order valence-electron chi connectivity index (χ3n) is 5.89. The van der Waals surface area contributed by atoms with Gasteiger partial charge in [0.15, 0.2) is 17.4 Å². The summed E-state index contributed by atoms with van der Waals surface area (Å²) in [5.41, 5.74) is 1.08. The second-order valence-electron chi connectivity index (χ2n) is 9.22. The molecule has 0 bridgehead atoms. The molecule has 0 unspecified atom stereocenters. The van der Waals surface area contributed by atoms with Crippen LogP contribution in [0.3, 0.4) is 0 Å². The number of carbonyl (C=O) groups is 1. The van der Waals surface area contributed by atoms with Crippen molar-refractivity contribution in [3.05, 3.63) is 66.1 Å². The standard InChI is InChI=1S/C25H23F2N5O3/c1-25(2,13-33)11-21(34)15-3-6-22-17(9-15)23-30-19(12-31(23)7-8-35-22)24-28-14-29-32(24)20-5-4-16(26)10-18(20)27/h3-6,9-10,12,14,33H,7-8,11,13H2,1-2H3. The van der Waals surface area contributed by atoms with Crippen LogP contribution in [0.2, 0.25) is 0 Å². The van der Waals surface area contributed by atoms with Gasteiger partial charge >= 0.3 is 0 Å². The Morgan fingerprint density at radius 2 is 2.00 bits per heavy atom. The number of aliphatic hydroxyl groups is 1. The van der Waals surface area contributed by atoms with Gasteiger partial charge in [0, 0.05) is 30.9 Å². The first-order valence-electron chi connectivity index (χ1n) is 11.1. The van der Waals surface area contributed by atoms with Gasteiger partial charge in [-0.3, -0.25) is 4.79 Å². The van der Waals surface area contributed by atoms with Gasteiger partial charge in [-0.15, -0.1) is 0 Å². The molecule has 0 aliphatic carbocycles. The number of ether oxygens (including phenoxy) is 1. The number of aliphatic hydroxyl groups excluding tert-OH is 1. The number of nitrogens with zero attached hydrogens (tertiary/aromatic N) is 5. The van der Waals surface area contributed by atoms with E-state index in [0.29, 0.717) is 41.5 Å². The van der Waals surface area contributed by atoms with Crippen molar-refractivity contribution in [2.45, 2.75) is 26.8 Å². The van der Waals surface area contributed by atoms with Gasteiger partial charge in [-0.25, -0.2) is 23.4 Å². The summed E-state index contributed by atoms with van der Waals surface area (Å²) in [5, 5.41) is 13.6. The molecular weight excluding hydrogens is 456 g/mol. The molecule has 0 saturated heterocycles. The molecule has 2 aromatic heterocycles. The lowest BCUT2D eigenvalue weighted by atomic mass is 9.86. The highest BCUT2D eigenvalue weighted by Crippen LogP contribution is 2.35. The number of ketones is 1. The Morgan fingerprint density at radius 3 is 2.77 bits per heavy atom. The van der Waals surface area contributed by atoms with Gasteiger partial charge in [-0.2, -0.15) is 5.10 Å². The van der Waals surface area contributed by atoms with Gasteiger partial charge in [-0.1, -0.05) is 13.8 Å². The molecule has 35 heavy (non-hydrogen) atoms. The molecule has 1 N–H and O–H groups in total. The summed E-state index contributed by atoms with van der Waals surface area (Å²) in [7, 11) is 0. The van der Waals surface area contributed by atoms with E-state index in [0.717, 1.165) is 12.1 Å². The summed E-state index contributed by atoms with van der Waals surface area (Å²) >= 11 is 0. The number of fused-ring (bicyclic) bond motifs is 3. The number of rotatable bonds is 6. The Labute approximate surface area is 199 Å². The highest BCUT2D eigenvalue weighted by molar-refractivity contribution is 5.98. The normalized spacial score (nSPS) is 13.1. The van der Waals surface area contributed by atoms with E-state index in [1.807, 2.05) is 18.4 Å². The molecule has 3 heterocycles. The summed E-state index contributed by atoms with van der Waals surface area (Å²) in [6.45, 7) is 4.44. The molecule has 2 aromatic carbocycles. The monoisotopic (exact) mass is 479 g/mol. The summed E-state index contributed by atoms with van der Waals surface area (Å²) in [5.74, 6) is -0.116. The van der Waals surface area contributed by atoms with E-state index in [1.54, 1.807) is 24.4 Å². The van der Waals surface area contributed by atoms with E-state index in [4.69, 9.17) is 9.72 Å². The zero-order valence-electron chi connectivity index (χ0n) is 19.2. The Balaban J connectivity index is 1.56. The second-order valence-corrected chi connectivity index (χ2v) is 9.22. The van der Waals surface area contributed by atoms with Crippen molar-refractivity contribution in [1.29, 1.82) is 0 Å². The molecule has 10 heteroatoms. The minimum Gasteiger partial charge on any atom is -0.491 e. The number of hydrogen-bond donors (Lipinski definition) is 1. The number of imidazole rings is 1. The molecule has 0 radical (unpaired) electrons. The van der Waals surface area contributed by atoms with Crippen molar-refractivity contribution in [2.24, 2.45) is 5.41 Å². The van der Waals surface area contributed by atoms with Crippen LogP contribution in [0.15, 0.2) is 48.9 Å². The van der Waals surface area contributed by atoms with Gasteiger partial charge in [0.05, 0.1) is 12.1 Å². The van der Waals surface area contributed by atoms with Crippen molar-refractivity contribution in [3.8, 4) is 34.3 Å². The van der Waals surface area contributed by atoms with Crippen molar-refractivity contribution >= 4 is 5.78 Å². The van der Waals surface area contributed by atoms with E-state index in [9.17, 15) is 18.7 Å². The largest absolute Gasteiger partial charge is 0.491 e. The minimum absolute atomic E-state index is 0.0465. The van der Waals surface area contributed by atoms with Crippen LogP contribution < -0.4 is 4.74 Å². The highest BCUT2D eigenvalue weighted by Gasteiger charge is 2.26. The van der Waals surface area contributed by atoms with Crippen LogP contribution in [0.4, 0.5) is 8.78 Å². The fourth-order valence-electron chi connectivity index (χ4n) is 4.01. The Bertz CT molecular complexity index is 1430. The first-order valence-corrected chi connectivity index (χ1v) is 11.1. The number of hydrogen-bond acceptors (Lipinski definition) is 6. The molecule has 0 amide bonds. The predicted molar refractivity (Wildman–Crippen MR) is 123 cm³/mol. The third kappa shape index (κ3) is 4.32. The van der Waals surface area contributed by atoms with E-state index < -0.39 is 17.0 Å². The Kier molecular flexibility index (Phi) is 5.68. The van der Waals surface area contributed by atoms with E-state index >= 15 is 0 Å². The smallest absolute Gasteiger partial charge is 0.183 e. The first-order chi connectivity index (χ1) is 16.8. The fraction of sp³-hybridized carbons (Fsp3) is 0.280. The van der Waals surface area contributed by atoms with Gasteiger partial charge in [0.1, 0.15) is 41.7 Å². The van der Waals surface area contributed by atoms with E-state index in [2.05, 4.69) is 10.1 Å². The molecule has 8 nitrogen and oxygen atoms in total. The van der Waals surface area contributed by atoms with Crippen LogP contribution in [-0.4, -0.2) is 48.4 Å². The summed E-state index contributed by atoms with van der Waals surface area (Å²) < 4.78 is 36.8. The molecule has 0 atom stereocenters. The zero-order chi connectivity index (χ0) is 24.7. The minimum atomic E-state index is -0.773. The SMILES string of the molecule is CC(C)(CO)CC(=O)c1ccc2c(c1)-c1nc(-c3ncnn3-c3ccc(F)cc3F)cn1CCO2. The summed E-state index contributed by atoms with van der Waals surface area (Å²) in [6, 6.07) is 8.42. The number of aromatic nitrogens is 5. The van der Waals surface area contributed by atoms with Crippen LogP contribution in [0.5, 0.6) is 5.75 Å². The topological polar surface area (TPSA) is 95.1 Å². The van der Waals surface area contributed by atoms with Gasteiger partial charge in [0.2, 0.25) is 0 Å². The summed E-state index contributed by atoms with van der Waals surface area (Å²) in [6.07, 6.45) is 3.23. The lowest BCUT2D eigenvalue weighted by Crippen LogP contribution is -2.21. The predicted octanol–water partition coefficient (Wildman–Crippen LogP) is 4.06. The average molecular weight is 479 g/mol. The molecule has 4 aromatic rings. The lowest BCUT2D eigenvalue weighted by molar-refractivity contribution is 0.0858. The molecule has 1 aliphatic heterocycles. The lowest BCUT2D eigenvalue weighted by Gasteiger charge is -2.20.